The first-order chi connectivity index (χ1) is 13.7. The third kappa shape index (κ3) is 2.17. The van der Waals surface area contributed by atoms with Gasteiger partial charge < -0.3 is 23.7 Å². The van der Waals surface area contributed by atoms with Crippen LogP contribution in [0.15, 0.2) is 36.5 Å². The SMILES string of the molecule is COc1cc2ccc3c4c(OC)cc5c(c4c[n+](C)c3c2cc1OC)OCO5. The lowest BCUT2D eigenvalue weighted by Gasteiger charge is -2.13. The molecule has 0 aliphatic carbocycles. The van der Waals surface area contributed by atoms with E-state index >= 15 is 0 Å². The Kier molecular flexibility index (Phi) is 3.62. The Morgan fingerprint density at radius 1 is 0.821 bits per heavy atom. The monoisotopic (exact) mass is 378 g/mol. The Morgan fingerprint density at radius 2 is 1.57 bits per heavy atom. The van der Waals surface area contributed by atoms with E-state index in [0.29, 0.717) is 17.2 Å². The summed E-state index contributed by atoms with van der Waals surface area (Å²) in [7, 11) is 6.99. The van der Waals surface area contributed by atoms with Crippen LogP contribution in [0.25, 0.3) is 32.4 Å². The van der Waals surface area contributed by atoms with Crippen LogP contribution < -0.4 is 28.3 Å². The van der Waals surface area contributed by atoms with E-state index in [-0.39, 0.29) is 6.79 Å². The number of benzene rings is 3. The van der Waals surface area contributed by atoms with Crippen molar-refractivity contribution in [3.63, 3.8) is 0 Å². The van der Waals surface area contributed by atoms with E-state index in [1.54, 1.807) is 21.3 Å². The third-order valence-corrected chi connectivity index (χ3v) is 5.32. The lowest BCUT2D eigenvalue weighted by Crippen LogP contribution is -2.28. The van der Waals surface area contributed by atoms with Gasteiger partial charge in [-0.05, 0) is 23.6 Å². The van der Waals surface area contributed by atoms with Crippen molar-refractivity contribution in [2.75, 3.05) is 28.1 Å². The first kappa shape index (κ1) is 16.7. The van der Waals surface area contributed by atoms with E-state index in [9.17, 15) is 0 Å². The van der Waals surface area contributed by atoms with Gasteiger partial charge in [0.05, 0.1) is 37.5 Å². The summed E-state index contributed by atoms with van der Waals surface area (Å²) in [6, 6.07) is 10.1. The molecule has 0 fully saturated rings. The number of rotatable bonds is 3. The predicted octanol–water partition coefficient (Wildman–Crippen LogP) is 3.73. The number of hydrogen-bond donors (Lipinski definition) is 0. The Bertz CT molecular complexity index is 1270. The summed E-state index contributed by atoms with van der Waals surface area (Å²) >= 11 is 0. The first-order valence-corrected chi connectivity index (χ1v) is 8.93. The highest BCUT2D eigenvalue weighted by Gasteiger charge is 2.26. The zero-order valence-corrected chi connectivity index (χ0v) is 16.2. The smallest absolute Gasteiger partial charge is 0.231 e. The summed E-state index contributed by atoms with van der Waals surface area (Å²) in [5, 5.41) is 5.16. The number of fused-ring (bicyclic) bond motifs is 7. The van der Waals surface area contributed by atoms with Crippen molar-refractivity contribution < 1.29 is 28.3 Å². The molecule has 28 heavy (non-hydrogen) atoms. The zero-order chi connectivity index (χ0) is 19.4. The van der Waals surface area contributed by atoms with E-state index in [1.165, 1.54) is 0 Å². The van der Waals surface area contributed by atoms with Gasteiger partial charge in [0.2, 0.25) is 12.3 Å². The molecule has 142 valence electrons. The number of nitrogens with zero attached hydrogens (tertiary/aromatic N) is 1. The Labute approximate surface area is 161 Å². The van der Waals surface area contributed by atoms with Gasteiger partial charge in [-0.15, -0.1) is 0 Å². The van der Waals surface area contributed by atoms with E-state index < -0.39 is 0 Å². The van der Waals surface area contributed by atoms with Gasteiger partial charge in [-0.25, -0.2) is 0 Å². The summed E-state index contributed by atoms with van der Waals surface area (Å²) < 4.78 is 30.1. The number of aromatic nitrogens is 1. The molecule has 0 amide bonds. The Morgan fingerprint density at radius 3 is 2.32 bits per heavy atom. The Hall–Kier alpha value is -3.41. The standard InChI is InChI=1S/C22H20NO5/c1-23-10-15-20(18(26-4)9-19-22(15)28-11-27-19)13-6-5-12-7-16(24-2)17(25-3)8-14(12)21(13)23/h5-10H,11H2,1-4H3/q+1. The molecule has 0 N–H and O–H groups in total. The van der Waals surface area contributed by atoms with Crippen LogP contribution in [0.5, 0.6) is 28.7 Å². The van der Waals surface area contributed by atoms with Crippen LogP contribution in [-0.2, 0) is 7.05 Å². The summed E-state index contributed by atoms with van der Waals surface area (Å²) in [5.74, 6) is 3.61. The second kappa shape index (κ2) is 6.05. The van der Waals surface area contributed by atoms with Crippen molar-refractivity contribution in [2.24, 2.45) is 7.05 Å². The quantitative estimate of drug-likeness (QED) is 0.402. The van der Waals surface area contributed by atoms with Gasteiger partial charge in [-0.1, -0.05) is 6.07 Å². The van der Waals surface area contributed by atoms with Crippen LogP contribution in [0.2, 0.25) is 0 Å². The molecular weight excluding hydrogens is 358 g/mol. The number of aryl methyl sites for hydroxylation is 1. The molecule has 6 heteroatoms. The molecule has 0 spiro atoms. The zero-order valence-electron chi connectivity index (χ0n) is 16.2. The molecule has 2 heterocycles. The Balaban J connectivity index is 1.98. The molecule has 0 radical (unpaired) electrons. The highest BCUT2D eigenvalue weighted by molar-refractivity contribution is 6.17. The molecule has 3 aromatic carbocycles. The van der Waals surface area contributed by atoms with Crippen molar-refractivity contribution in [2.45, 2.75) is 0 Å². The van der Waals surface area contributed by atoms with E-state index in [4.69, 9.17) is 23.7 Å². The summed E-state index contributed by atoms with van der Waals surface area (Å²) in [6.07, 6.45) is 2.06. The van der Waals surface area contributed by atoms with Crippen molar-refractivity contribution in [3.05, 3.63) is 36.5 Å². The van der Waals surface area contributed by atoms with Gasteiger partial charge >= 0.3 is 0 Å². The molecule has 0 unspecified atom stereocenters. The van der Waals surface area contributed by atoms with Crippen LogP contribution in [0.4, 0.5) is 0 Å². The van der Waals surface area contributed by atoms with E-state index in [2.05, 4.69) is 22.9 Å². The summed E-state index contributed by atoms with van der Waals surface area (Å²) in [4.78, 5) is 0. The number of pyridine rings is 1. The summed E-state index contributed by atoms with van der Waals surface area (Å²) in [5.41, 5.74) is 1.07. The largest absolute Gasteiger partial charge is 0.496 e. The maximum atomic E-state index is 5.74. The van der Waals surface area contributed by atoms with Gasteiger partial charge in [-0.2, -0.15) is 4.57 Å². The highest BCUT2D eigenvalue weighted by Crippen LogP contribution is 2.46. The van der Waals surface area contributed by atoms with Crippen LogP contribution in [0, 0.1) is 0 Å². The van der Waals surface area contributed by atoms with Crippen molar-refractivity contribution in [3.8, 4) is 28.7 Å². The maximum absolute atomic E-state index is 5.74. The molecule has 5 rings (SSSR count). The lowest BCUT2D eigenvalue weighted by molar-refractivity contribution is -0.642. The predicted molar refractivity (Wildman–Crippen MR) is 106 cm³/mol. The van der Waals surface area contributed by atoms with Crippen molar-refractivity contribution in [1.82, 2.24) is 0 Å². The van der Waals surface area contributed by atoms with Gasteiger partial charge in [0.25, 0.3) is 0 Å². The summed E-state index contributed by atoms with van der Waals surface area (Å²) in [6.45, 7) is 0.216. The number of methoxy groups -OCH3 is 3. The topological polar surface area (TPSA) is 50.0 Å². The minimum Gasteiger partial charge on any atom is -0.496 e. The third-order valence-electron chi connectivity index (χ3n) is 5.32. The molecule has 0 atom stereocenters. The molecule has 0 bridgehead atoms. The molecule has 1 aromatic heterocycles. The molecular formula is C22H20NO5+. The van der Waals surface area contributed by atoms with E-state index in [0.717, 1.165) is 43.9 Å². The van der Waals surface area contributed by atoms with Crippen LogP contribution in [-0.4, -0.2) is 28.1 Å². The second-order valence-corrected chi connectivity index (χ2v) is 6.73. The van der Waals surface area contributed by atoms with Crippen molar-refractivity contribution >= 4 is 32.4 Å². The molecule has 6 nitrogen and oxygen atoms in total. The van der Waals surface area contributed by atoms with Gasteiger partial charge in [0, 0.05) is 11.5 Å². The molecule has 1 aliphatic rings. The average Bonchev–Trinajstić information content (AvgIpc) is 3.20. The number of hydrogen-bond acceptors (Lipinski definition) is 5. The molecule has 1 aliphatic heterocycles. The van der Waals surface area contributed by atoms with Gasteiger partial charge in [0.1, 0.15) is 12.8 Å². The fourth-order valence-electron chi connectivity index (χ4n) is 4.08. The minimum absolute atomic E-state index is 0.216. The van der Waals surface area contributed by atoms with Crippen LogP contribution in [0.3, 0.4) is 0 Å². The lowest BCUT2D eigenvalue weighted by atomic mass is 9.99. The number of ether oxygens (including phenoxy) is 5. The second-order valence-electron chi connectivity index (χ2n) is 6.73. The fourth-order valence-corrected chi connectivity index (χ4v) is 4.08. The van der Waals surface area contributed by atoms with Gasteiger partial charge in [0.15, 0.2) is 29.2 Å². The molecule has 0 saturated carbocycles. The van der Waals surface area contributed by atoms with E-state index in [1.807, 2.05) is 25.2 Å². The van der Waals surface area contributed by atoms with Crippen molar-refractivity contribution in [1.29, 1.82) is 0 Å². The van der Waals surface area contributed by atoms with Crippen LogP contribution >= 0.6 is 0 Å². The van der Waals surface area contributed by atoms with Gasteiger partial charge in [-0.3, -0.25) is 0 Å². The molecule has 4 aromatic rings. The normalized spacial score (nSPS) is 12.7. The molecule has 0 saturated heterocycles. The minimum atomic E-state index is 0.216. The highest BCUT2D eigenvalue weighted by atomic mass is 16.7. The maximum Gasteiger partial charge on any atom is 0.231 e. The average molecular weight is 378 g/mol. The first-order valence-electron chi connectivity index (χ1n) is 8.93. The fraction of sp³-hybridized carbons (Fsp3) is 0.227. The van der Waals surface area contributed by atoms with Crippen LogP contribution in [0.1, 0.15) is 0 Å².